The van der Waals surface area contributed by atoms with Crippen LogP contribution in [0.3, 0.4) is 0 Å². The zero-order chi connectivity index (χ0) is 22.4. The summed E-state index contributed by atoms with van der Waals surface area (Å²) in [6.45, 7) is 9.84. The van der Waals surface area contributed by atoms with Gasteiger partial charge in [0.05, 0.1) is 23.9 Å². The number of hydrogen-bond donors (Lipinski definition) is 6. The molecule has 0 aliphatic carbocycles. The van der Waals surface area contributed by atoms with E-state index in [2.05, 4.69) is 6.58 Å². The van der Waals surface area contributed by atoms with Crippen molar-refractivity contribution in [1.29, 1.82) is 0 Å². The Morgan fingerprint density at radius 1 is 1.14 bits per heavy atom. The lowest BCUT2D eigenvalue weighted by molar-refractivity contribution is -0.322. The molecule has 1 aliphatic heterocycles. The van der Waals surface area contributed by atoms with Crippen LogP contribution < -0.4 is 0 Å². The molecule has 1 aliphatic rings. The summed E-state index contributed by atoms with van der Waals surface area (Å²) >= 11 is 0. The fourth-order valence-corrected chi connectivity index (χ4v) is 3.10. The molecule has 0 saturated carbocycles. The molecule has 7 atom stereocenters. The van der Waals surface area contributed by atoms with Gasteiger partial charge in [0.15, 0.2) is 6.29 Å². The van der Waals surface area contributed by atoms with Crippen molar-refractivity contribution in [3.63, 3.8) is 0 Å². The average Bonchev–Trinajstić information content (AvgIpc) is 2.63. The summed E-state index contributed by atoms with van der Waals surface area (Å²) in [4.78, 5) is 0. The summed E-state index contributed by atoms with van der Waals surface area (Å²) < 4.78 is 11.1. The molecule has 1 saturated heterocycles. The van der Waals surface area contributed by atoms with Gasteiger partial charge in [-0.05, 0) is 53.4 Å². The molecule has 0 bridgehead atoms. The molecular formula is C21H38O8. The van der Waals surface area contributed by atoms with Crippen molar-refractivity contribution in [2.45, 2.75) is 101 Å². The minimum Gasteiger partial charge on any atom is -0.394 e. The van der Waals surface area contributed by atoms with Gasteiger partial charge in [-0.25, -0.2) is 0 Å². The molecule has 0 aromatic carbocycles. The first kappa shape index (κ1) is 26.2. The lowest BCUT2D eigenvalue weighted by Gasteiger charge is -2.42. The van der Waals surface area contributed by atoms with Crippen molar-refractivity contribution in [3.05, 3.63) is 24.3 Å². The second-order valence-electron chi connectivity index (χ2n) is 8.66. The Hall–Kier alpha value is -0.840. The van der Waals surface area contributed by atoms with Gasteiger partial charge in [-0.3, -0.25) is 0 Å². The molecule has 29 heavy (non-hydrogen) atoms. The highest BCUT2D eigenvalue weighted by Gasteiger charge is 2.46. The summed E-state index contributed by atoms with van der Waals surface area (Å²) in [5, 5.41) is 59.7. The largest absolute Gasteiger partial charge is 0.394 e. The first-order valence-electron chi connectivity index (χ1n) is 10.0. The van der Waals surface area contributed by atoms with Crippen LogP contribution in [0.1, 0.15) is 53.4 Å². The second-order valence-corrected chi connectivity index (χ2v) is 8.66. The first-order valence-corrected chi connectivity index (χ1v) is 10.0. The van der Waals surface area contributed by atoms with Crippen LogP contribution >= 0.6 is 0 Å². The zero-order valence-electron chi connectivity index (χ0n) is 17.9. The van der Waals surface area contributed by atoms with Crippen molar-refractivity contribution >= 4 is 0 Å². The predicted molar refractivity (Wildman–Crippen MR) is 108 cm³/mol. The summed E-state index contributed by atoms with van der Waals surface area (Å²) in [5.74, 6) is 0. The maximum absolute atomic E-state index is 10.5. The molecule has 1 rings (SSSR count). The molecule has 8 nitrogen and oxygen atoms in total. The van der Waals surface area contributed by atoms with Gasteiger partial charge in [0.1, 0.15) is 24.4 Å². The molecule has 0 radical (unpaired) electrons. The smallest absolute Gasteiger partial charge is 0.187 e. The molecular weight excluding hydrogens is 380 g/mol. The molecule has 0 spiro atoms. The molecule has 0 unspecified atom stereocenters. The Morgan fingerprint density at radius 3 is 2.28 bits per heavy atom. The van der Waals surface area contributed by atoms with Gasteiger partial charge < -0.3 is 40.1 Å². The van der Waals surface area contributed by atoms with Crippen molar-refractivity contribution < 1.29 is 40.1 Å². The van der Waals surface area contributed by atoms with Gasteiger partial charge in [-0.1, -0.05) is 17.7 Å². The van der Waals surface area contributed by atoms with E-state index in [0.717, 1.165) is 5.57 Å². The van der Waals surface area contributed by atoms with Crippen LogP contribution in [0.25, 0.3) is 0 Å². The summed E-state index contributed by atoms with van der Waals surface area (Å²) in [7, 11) is 0. The number of ether oxygens (including phenoxy) is 2. The minimum atomic E-state index is -1.53. The molecule has 170 valence electrons. The summed E-state index contributed by atoms with van der Waals surface area (Å²) in [6, 6.07) is 0. The highest BCUT2D eigenvalue weighted by molar-refractivity contribution is 5.02. The number of aliphatic hydroxyl groups is 6. The second kappa shape index (κ2) is 11.0. The molecule has 1 heterocycles. The van der Waals surface area contributed by atoms with Crippen molar-refractivity contribution in [2.75, 3.05) is 6.61 Å². The number of allylic oxidation sites excluding steroid dienone is 2. The number of rotatable bonds is 11. The number of aliphatic hydroxyl groups excluding tert-OH is 4. The average molecular weight is 419 g/mol. The Morgan fingerprint density at radius 2 is 1.76 bits per heavy atom. The van der Waals surface area contributed by atoms with Crippen LogP contribution in [0, 0.1) is 0 Å². The van der Waals surface area contributed by atoms with Crippen LogP contribution in [0.15, 0.2) is 24.3 Å². The van der Waals surface area contributed by atoms with Gasteiger partial charge in [0.2, 0.25) is 0 Å². The molecule has 0 aromatic rings. The fraction of sp³-hybridized carbons (Fsp3) is 0.810. The van der Waals surface area contributed by atoms with Gasteiger partial charge in [-0.2, -0.15) is 0 Å². The fourth-order valence-electron chi connectivity index (χ4n) is 3.10. The molecule has 1 fully saturated rings. The zero-order valence-corrected chi connectivity index (χ0v) is 17.9. The quantitative estimate of drug-likeness (QED) is 0.265. The van der Waals surface area contributed by atoms with Gasteiger partial charge >= 0.3 is 0 Å². The topological polar surface area (TPSA) is 140 Å². The maximum atomic E-state index is 10.5. The van der Waals surface area contributed by atoms with Crippen LogP contribution in [0.5, 0.6) is 0 Å². The van der Waals surface area contributed by atoms with Crippen LogP contribution in [-0.2, 0) is 9.47 Å². The first-order chi connectivity index (χ1) is 13.3. The van der Waals surface area contributed by atoms with Crippen LogP contribution in [-0.4, -0.2) is 85.3 Å². The molecule has 0 aromatic heterocycles. The minimum absolute atomic E-state index is 0.415. The Kier molecular flexibility index (Phi) is 9.91. The van der Waals surface area contributed by atoms with E-state index >= 15 is 0 Å². The van der Waals surface area contributed by atoms with Gasteiger partial charge in [-0.15, -0.1) is 6.58 Å². The van der Waals surface area contributed by atoms with E-state index in [-0.39, 0.29) is 0 Å². The lowest BCUT2D eigenvalue weighted by Crippen LogP contribution is -2.60. The summed E-state index contributed by atoms with van der Waals surface area (Å²) in [5.41, 5.74) is -1.12. The monoisotopic (exact) mass is 418 g/mol. The van der Waals surface area contributed by atoms with E-state index in [9.17, 15) is 30.6 Å². The van der Waals surface area contributed by atoms with E-state index in [0.29, 0.717) is 25.7 Å². The van der Waals surface area contributed by atoms with Crippen LogP contribution in [0.4, 0.5) is 0 Å². The Bertz CT molecular complexity index is 537. The van der Waals surface area contributed by atoms with E-state index in [1.165, 1.54) is 6.08 Å². The predicted octanol–water partition coefficient (Wildman–Crippen LogP) is 0.386. The Balaban J connectivity index is 2.72. The van der Waals surface area contributed by atoms with E-state index in [1.807, 2.05) is 13.0 Å². The van der Waals surface area contributed by atoms with Crippen molar-refractivity contribution in [2.24, 2.45) is 0 Å². The Labute approximate surface area is 173 Å². The summed E-state index contributed by atoms with van der Waals surface area (Å²) in [6.07, 6.45) is -1.87. The third kappa shape index (κ3) is 8.07. The van der Waals surface area contributed by atoms with E-state index in [4.69, 9.17) is 9.47 Å². The molecule has 8 heteroatoms. The molecule has 0 amide bonds. The van der Waals surface area contributed by atoms with Crippen molar-refractivity contribution in [3.8, 4) is 0 Å². The highest BCUT2D eigenvalue weighted by atomic mass is 16.7. The van der Waals surface area contributed by atoms with Crippen molar-refractivity contribution in [1.82, 2.24) is 0 Å². The van der Waals surface area contributed by atoms with Gasteiger partial charge in [0, 0.05) is 0 Å². The highest BCUT2D eigenvalue weighted by Crippen LogP contribution is 2.28. The number of hydrogen-bond acceptors (Lipinski definition) is 8. The third-order valence-corrected chi connectivity index (χ3v) is 5.32. The third-order valence-electron chi connectivity index (χ3n) is 5.32. The maximum Gasteiger partial charge on any atom is 0.187 e. The van der Waals surface area contributed by atoms with E-state index in [1.54, 1.807) is 20.8 Å². The standard InChI is InChI=1S/C21H38O8/c1-6-21(5,27)11-7-8-13(2)9-10-15(20(3,4)26)29-19-18(25)17(24)16(23)14(12-22)28-19/h6,8,14-19,22-27H,1,7,9-12H2,2-5H3/t14-,15-,16-,17+,18-,19+,21-/m1/s1. The normalized spacial score (nSPS) is 31.9. The lowest BCUT2D eigenvalue weighted by atomic mass is 9.94. The SMILES string of the molecule is C=C[C@@](C)(O)CCC=C(C)CC[C@@H](O[C@@H]1O[C@H](CO)[C@@H](O)[C@H](O)[C@H]1O)C(C)(C)O. The molecule has 6 N–H and O–H groups in total. The van der Waals surface area contributed by atoms with Crippen LogP contribution in [0.2, 0.25) is 0 Å². The van der Waals surface area contributed by atoms with E-state index < -0.39 is 54.6 Å². The van der Waals surface area contributed by atoms with Gasteiger partial charge in [0.25, 0.3) is 0 Å².